The molecule has 4 nitrogen and oxygen atoms in total. The minimum Gasteiger partial charge on any atom is -0.310 e. The second kappa shape index (κ2) is 5.46. The number of hydrogen-bond acceptors (Lipinski definition) is 3. The molecule has 0 amide bonds. The highest BCUT2D eigenvalue weighted by Gasteiger charge is 2.17. The highest BCUT2D eigenvalue weighted by atomic mass is 15.1. The monoisotopic (exact) mass is 222 g/mol. The van der Waals surface area contributed by atoms with Gasteiger partial charge < -0.3 is 10.2 Å². The molecule has 1 aromatic heterocycles. The predicted octanol–water partition coefficient (Wildman–Crippen LogP) is 0.940. The standard InChI is InChI=1S/C12H22N4/c1-3-16(2)8-7-13-9-12-10-5-4-6-11(10)14-15-12/h13H,3-9H2,1-2H3,(H,14,15). The van der Waals surface area contributed by atoms with Crippen molar-refractivity contribution in [3.63, 3.8) is 0 Å². The van der Waals surface area contributed by atoms with Crippen molar-refractivity contribution in [2.75, 3.05) is 26.7 Å². The first-order valence-corrected chi connectivity index (χ1v) is 6.25. The number of fused-ring (bicyclic) bond motifs is 1. The van der Waals surface area contributed by atoms with E-state index >= 15 is 0 Å². The SMILES string of the molecule is CCN(C)CCNCc1n[nH]c2c1CCC2. The summed E-state index contributed by atoms with van der Waals surface area (Å²) in [5.74, 6) is 0. The van der Waals surface area contributed by atoms with Crippen LogP contribution in [0.4, 0.5) is 0 Å². The van der Waals surface area contributed by atoms with Gasteiger partial charge in [0.2, 0.25) is 0 Å². The van der Waals surface area contributed by atoms with Crippen LogP contribution in [0.5, 0.6) is 0 Å². The van der Waals surface area contributed by atoms with Gasteiger partial charge in [0, 0.05) is 25.3 Å². The molecular formula is C12H22N4. The van der Waals surface area contributed by atoms with Gasteiger partial charge in [-0.05, 0) is 38.4 Å². The molecule has 1 aliphatic rings. The average molecular weight is 222 g/mol. The molecule has 0 spiro atoms. The zero-order chi connectivity index (χ0) is 11.4. The van der Waals surface area contributed by atoms with E-state index in [0.717, 1.165) is 26.2 Å². The first-order chi connectivity index (χ1) is 7.81. The summed E-state index contributed by atoms with van der Waals surface area (Å²) in [5.41, 5.74) is 4.06. The smallest absolute Gasteiger partial charge is 0.0794 e. The summed E-state index contributed by atoms with van der Waals surface area (Å²) in [4.78, 5) is 2.31. The third-order valence-corrected chi connectivity index (χ3v) is 3.39. The predicted molar refractivity (Wildman–Crippen MR) is 65.5 cm³/mol. The normalized spacial score (nSPS) is 14.7. The summed E-state index contributed by atoms with van der Waals surface area (Å²) < 4.78 is 0. The molecule has 4 heteroatoms. The van der Waals surface area contributed by atoms with Crippen molar-refractivity contribution in [1.82, 2.24) is 20.4 Å². The molecule has 1 heterocycles. The first-order valence-electron chi connectivity index (χ1n) is 6.25. The van der Waals surface area contributed by atoms with Crippen LogP contribution in [-0.4, -0.2) is 41.8 Å². The fraction of sp³-hybridized carbons (Fsp3) is 0.750. The number of aromatic amines is 1. The molecule has 0 saturated heterocycles. The van der Waals surface area contributed by atoms with Gasteiger partial charge in [0.1, 0.15) is 0 Å². The maximum Gasteiger partial charge on any atom is 0.0794 e. The van der Waals surface area contributed by atoms with E-state index in [-0.39, 0.29) is 0 Å². The topological polar surface area (TPSA) is 44.0 Å². The van der Waals surface area contributed by atoms with Crippen molar-refractivity contribution in [3.8, 4) is 0 Å². The number of H-pyrrole nitrogens is 1. The molecule has 1 aromatic rings. The summed E-state index contributed by atoms with van der Waals surface area (Å²) in [6, 6.07) is 0. The third-order valence-electron chi connectivity index (χ3n) is 3.39. The van der Waals surface area contributed by atoms with Crippen LogP contribution in [-0.2, 0) is 19.4 Å². The summed E-state index contributed by atoms with van der Waals surface area (Å²) in [7, 11) is 2.15. The minimum atomic E-state index is 0.906. The van der Waals surface area contributed by atoms with Crippen LogP contribution in [0.25, 0.3) is 0 Å². The van der Waals surface area contributed by atoms with Crippen molar-refractivity contribution in [3.05, 3.63) is 17.0 Å². The molecule has 0 fully saturated rings. The van der Waals surface area contributed by atoms with Crippen molar-refractivity contribution in [1.29, 1.82) is 0 Å². The van der Waals surface area contributed by atoms with E-state index < -0.39 is 0 Å². The van der Waals surface area contributed by atoms with Crippen LogP contribution in [0.1, 0.15) is 30.3 Å². The maximum atomic E-state index is 4.37. The number of likely N-dealkylation sites (N-methyl/N-ethyl adjacent to an activating group) is 1. The molecule has 2 N–H and O–H groups in total. The molecule has 0 radical (unpaired) electrons. The Morgan fingerprint density at radius 1 is 1.44 bits per heavy atom. The van der Waals surface area contributed by atoms with E-state index in [4.69, 9.17) is 0 Å². The Kier molecular flexibility index (Phi) is 3.96. The van der Waals surface area contributed by atoms with Crippen molar-refractivity contribution < 1.29 is 0 Å². The van der Waals surface area contributed by atoms with E-state index in [1.54, 1.807) is 0 Å². The third kappa shape index (κ3) is 2.62. The molecule has 0 bridgehead atoms. The molecular weight excluding hydrogens is 200 g/mol. The fourth-order valence-corrected chi connectivity index (χ4v) is 2.17. The van der Waals surface area contributed by atoms with Crippen LogP contribution in [0.3, 0.4) is 0 Å². The lowest BCUT2D eigenvalue weighted by molar-refractivity contribution is 0.348. The van der Waals surface area contributed by atoms with Gasteiger partial charge >= 0.3 is 0 Å². The summed E-state index contributed by atoms with van der Waals surface area (Å²) >= 11 is 0. The highest BCUT2D eigenvalue weighted by molar-refractivity contribution is 5.29. The lowest BCUT2D eigenvalue weighted by atomic mass is 10.2. The second-order valence-corrected chi connectivity index (χ2v) is 4.55. The minimum absolute atomic E-state index is 0.906. The quantitative estimate of drug-likeness (QED) is 0.704. The van der Waals surface area contributed by atoms with Crippen LogP contribution in [0.15, 0.2) is 0 Å². The number of nitrogens with one attached hydrogen (secondary N) is 2. The van der Waals surface area contributed by atoms with E-state index in [9.17, 15) is 0 Å². The van der Waals surface area contributed by atoms with Gasteiger partial charge in [-0.1, -0.05) is 6.92 Å². The van der Waals surface area contributed by atoms with Gasteiger partial charge in [0.25, 0.3) is 0 Å². The van der Waals surface area contributed by atoms with Gasteiger partial charge in [-0.15, -0.1) is 0 Å². The van der Waals surface area contributed by atoms with Gasteiger partial charge in [-0.25, -0.2) is 0 Å². The number of aryl methyl sites for hydroxylation is 1. The maximum absolute atomic E-state index is 4.37. The van der Waals surface area contributed by atoms with Crippen molar-refractivity contribution in [2.24, 2.45) is 0 Å². The number of nitrogens with zero attached hydrogens (tertiary/aromatic N) is 2. The van der Waals surface area contributed by atoms with Crippen LogP contribution in [0.2, 0.25) is 0 Å². The molecule has 0 saturated carbocycles. The largest absolute Gasteiger partial charge is 0.310 e. The molecule has 16 heavy (non-hydrogen) atoms. The van der Waals surface area contributed by atoms with Crippen molar-refractivity contribution >= 4 is 0 Å². The Morgan fingerprint density at radius 2 is 2.31 bits per heavy atom. The van der Waals surface area contributed by atoms with Gasteiger partial charge in [-0.3, -0.25) is 5.10 Å². The number of rotatable bonds is 6. The lowest BCUT2D eigenvalue weighted by Crippen LogP contribution is -2.29. The fourth-order valence-electron chi connectivity index (χ4n) is 2.17. The molecule has 2 rings (SSSR count). The second-order valence-electron chi connectivity index (χ2n) is 4.55. The first kappa shape index (κ1) is 11.6. The molecule has 1 aliphatic carbocycles. The van der Waals surface area contributed by atoms with Crippen LogP contribution < -0.4 is 5.32 Å². The van der Waals surface area contributed by atoms with Gasteiger partial charge in [0.15, 0.2) is 0 Å². The van der Waals surface area contributed by atoms with E-state index in [1.807, 2.05) is 0 Å². The highest BCUT2D eigenvalue weighted by Crippen LogP contribution is 2.22. The van der Waals surface area contributed by atoms with E-state index in [0.29, 0.717) is 0 Å². The van der Waals surface area contributed by atoms with Crippen molar-refractivity contribution in [2.45, 2.75) is 32.7 Å². The summed E-state index contributed by atoms with van der Waals surface area (Å²) in [5, 5.41) is 11.0. The molecule has 0 unspecified atom stereocenters. The Hall–Kier alpha value is -0.870. The zero-order valence-corrected chi connectivity index (χ0v) is 10.3. The lowest BCUT2D eigenvalue weighted by Gasteiger charge is -2.13. The molecule has 90 valence electrons. The Bertz CT molecular complexity index is 332. The molecule has 0 atom stereocenters. The number of hydrogen-bond donors (Lipinski definition) is 2. The average Bonchev–Trinajstić information content (AvgIpc) is 2.87. The van der Waals surface area contributed by atoms with Gasteiger partial charge in [-0.2, -0.15) is 5.10 Å². The van der Waals surface area contributed by atoms with Crippen LogP contribution >= 0.6 is 0 Å². The molecule has 0 aromatic carbocycles. The van der Waals surface area contributed by atoms with E-state index in [2.05, 4.69) is 34.4 Å². The summed E-state index contributed by atoms with van der Waals surface area (Å²) in [6.07, 6.45) is 3.67. The van der Waals surface area contributed by atoms with Gasteiger partial charge in [0.05, 0.1) is 5.69 Å². The molecule has 0 aliphatic heterocycles. The Balaban J connectivity index is 1.73. The Morgan fingerprint density at radius 3 is 3.12 bits per heavy atom. The number of aromatic nitrogens is 2. The summed E-state index contributed by atoms with van der Waals surface area (Å²) in [6.45, 7) is 6.33. The van der Waals surface area contributed by atoms with Crippen LogP contribution in [0, 0.1) is 0 Å². The zero-order valence-electron chi connectivity index (χ0n) is 10.3. The Labute approximate surface area is 97.4 Å². The van der Waals surface area contributed by atoms with E-state index in [1.165, 1.54) is 36.2 Å².